The van der Waals surface area contributed by atoms with Gasteiger partial charge in [0.05, 0.1) is 10.6 Å². The molecule has 21 heavy (non-hydrogen) atoms. The van der Waals surface area contributed by atoms with Crippen LogP contribution in [-0.4, -0.2) is 10.2 Å². The predicted octanol–water partition coefficient (Wildman–Crippen LogP) is 4.77. The number of carbonyl (C=O) groups excluding carboxylic acids is 1. The molecule has 1 aromatic carbocycles. The average molecular weight is 331 g/mol. The van der Waals surface area contributed by atoms with Crippen molar-refractivity contribution in [1.29, 1.82) is 0 Å². The van der Waals surface area contributed by atoms with Gasteiger partial charge in [0.2, 0.25) is 0 Å². The van der Waals surface area contributed by atoms with Crippen LogP contribution >= 0.6 is 35.3 Å². The van der Waals surface area contributed by atoms with Crippen LogP contribution in [0.15, 0.2) is 40.6 Å². The molecule has 5 heteroatoms. The predicted molar refractivity (Wildman–Crippen MR) is 95.9 cm³/mol. The molecule has 0 unspecified atom stereocenters. The zero-order chi connectivity index (χ0) is 15.0. The van der Waals surface area contributed by atoms with Gasteiger partial charge in [0.25, 0.3) is 5.91 Å². The minimum atomic E-state index is -0.0367. The van der Waals surface area contributed by atoms with E-state index in [1.54, 1.807) is 16.2 Å². The molecule has 1 aliphatic heterocycles. The third kappa shape index (κ3) is 2.81. The molecule has 1 saturated heterocycles. The molecule has 106 valence electrons. The molecule has 1 aliphatic rings. The van der Waals surface area contributed by atoms with Crippen molar-refractivity contribution < 1.29 is 4.79 Å². The number of anilines is 1. The van der Waals surface area contributed by atoms with E-state index in [-0.39, 0.29) is 5.91 Å². The highest BCUT2D eigenvalue weighted by atomic mass is 32.2. The van der Waals surface area contributed by atoms with Gasteiger partial charge in [-0.2, -0.15) is 0 Å². The van der Waals surface area contributed by atoms with Crippen molar-refractivity contribution in [2.45, 2.75) is 13.8 Å². The van der Waals surface area contributed by atoms with Crippen LogP contribution in [0.3, 0.4) is 0 Å². The molecule has 2 heterocycles. The smallest absolute Gasteiger partial charge is 0.268 e. The van der Waals surface area contributed by atoms with Crippen LogP contribution in [0.2, 0.25) is 0 Å². The summed E-state index contributed by atoms with van der Waals surface area (Å²) in [6.07, 6.45) is 1.91. The number of rotatable bonds is 2. The first-order valence-electron chi connectivity index (χ1n) is 6.45. The lowest BCUT2D eigenvalue weighted by atomic mass is 10.1. The number of hydrogen-bond acceptors (Lipinski definition) is 4. The monoisotopic (exact) mass is 331 g/mol. The maximum absolute atomic E-state index is 12.6. The Hall–Kier alpha value is -1.43. The Balaban J connectivity index is 1.98. The Labute approximate surface area is 137 Å². The van der Waals surface area contributed by atoms with Gasteiger partial charge in [0.1, 0.15) is 0 Å². The van der Waals surface area contributed by atoms with Crippen LogP contribution in [0, 0.1) is 13.8 Å². The van der Waals surface area contributed by atoms with Crippen LogP contribution in [0.1, 0.15) is 16.0 Å². The van der Waals surface area contributed by atoms with Crippen LogP contribution < -0.4 is 4.90 Å². The Bertz CT molecular complexity index is 747. The number of hydrogen-bond donors (Lipinski definition) is 0. The quantitative estimate of drug-likeness (QED) is 0.584. The lowest BCUT2D eigenvalue weighted by molar-refractivity contribution is -0.113. The van der Waals surface area contributed by atoms with Crippen molar-refractivity contribution in [2.75, 3.05) is 4.90 Å². The zero-order valence-electron chi connectivity index (χ0n) is 11.6. The van der Waals surface area contributed by atoms with E-state index in [0.717, 1.165) is 16.1 Å². The molecule has 0 saturated carbocycles. The van der Waals surface area contributed by atoms with Gasteiger partial charge in [0.15, 0.2) is 4.32 Å². The fourth-order valence-electron chi connectivity index (χ4n) is 2.23. The number of amides is 1. The van der Waals surface area contributed by atoms with Crippen molar-refractivity contribution in [2.24, 2.45) is 0 Å². The molecule has 0 spiro atoms. The Morgan fingerprint density at radius 3 is 2.71 bits per heavy atom. The number of aryl methyl sites for hydroxylation is 2. The Kier molecular flexibility index (Phi) is 3.97. The fraction of sp³-hybridized carbons (Fsp3) is 0.125. The molecule has 1 aromatic heterocycles. The minimum Gasteiger partial charge on any atom is -0.268 e. The third-order valence-electron chi connectivity index (χ3n) is 3.20. The topological polar surface area (TPSA) is 20.3 Å². The Morgan fingerprint density at radius 2 is 2.05 bits per heavy atom. The molecule has 0 aliphatic carbocycles. The summed E-state index contributed by atoms with van der Waals surface area (Å²) in [5, 5.41) is 2.00. The van der Waals surface area contributed by atoms with Crippen LogP contribution in [0.5, 0.6) is 0 Å². The van der Waals surface area contributed by atoms with E-state index in [0.29, 0.717) is 9.23 Å². The second kappa shape index (κ2) is 5.75. The zero-order valence-corrected chi connectivity index (χ0v) is 14.1. The standard InChI is InChI=1S/C16H13NOS3/c1-10-5-6-13(11(2)8-10)17-15(18)14(21-16(17)19)9-12-4-3-7-20-12/h3-9H,1-2H3. The minimum absolute atomic E-state index is 0.0367. The molecule has 2 aromatic rings. The fourth-order valence-corrected chi connectivity index (χ4v) is 4.24. The SMILES string of the molecule is Cc1ccc(N2C(=O)C(=Cc3cccs3)SC2=S)c(C)c1. The van der Waals surface area contributed by atoms with Gasteiger partial charge < -0.3 is 0 Å². The number of nitrogens with zero attached hydrogens (tertiary/aromatic N) is 1. The van der Waals surface area contributed by atoms with Crippen molar-refractivity contribution in [3.05, 3.63) is 56.6 Å². The highest BCUT2D eigenvalue weighted by Crippen LogP contribution is 2.37. The highest BCUT2D eigenvalue weighted by Gasteiger charge is 2.34. The van der Waals surface area contributed by atoms with E-state index in [1.807, 2.05) is 49.6 Å². The average Bonchev–Trinajstić information content (AvgIpc) is 3.02. The maximum Gasteiger partial charge on any atom is 0.270 e. The largest absolute Gasteiger partial charge is 0.270 e. The lowest BCUT2D eigenvalue weighted by Crippen LogP contribution is -2.28. The number of benzene rings is 1. The number of thioether (sulfide) groups is 1. The molecule has 3 rings (SSSR count). The molecular formula is C16H13NOS3. The number of thiocarbonyl (C=S) groups is 1. The summed E-state index contributed by atoms with van der Waals surface area (Å²) in [5.74, 6) is -0.0367. The third-order valence-corrected chi connectivity index (χ3v) is 5.32. The summed E-state index contributed by atoms with van der Waals surface area (Å²) in [5.41, 5.74) is 3.11. The molecule has 0 atom stereocenters. The lowest BCUT2D eigenvalue weighted by Gasteiger charge is -2.17. The molecule has 1 fully saturated rings. The first-order chi connectivity index (χ1) is 10.1. The molecule has 1 amide bonds. The second-order valence-corrected chi connectivity index (χ2v) is 7.48. The highest BCUT2D eigenvalue weighted by molar-refractivity contribution is 8.27. The van der Waals surface area contributed by atoms with Gasteiger partial charge >= 0.3 is 0 Å². The van der Waals surface area contributed by atoms with Crippen molar-refractivity contribution in [1.82, 2.24) is 0 Å². The molecule has 2 nitrogen and oxygen atoms in total. The van der Waals surface area contributed by atoms with Crippen LogP contribution in [0.25, 0.3) is 6.08 Å². The summed E-state index contributed by atoms with van der Waals surface area (Å²) in [6, 6.07) is 10.00. The summed E-state index contributed by atoms with van der Waals surface area (Å²) in [6.45, 7) is 4.04. The summed E-state index contributed by atoms with van der Waals surface area (Å²) >= 11 is 8.37. The van der Waals surface area contributed by atoms with E-state index in [4.69, 9.17) is 12.2 Å². The summed E-state index contributed by atoms with van der Waals surface area (Å²) in [7, 11) is 0. The van der Waals surface area contributed by atoms with Crippen molar-refractivity contribution in [3.63, 3.8) is 0 Å². The van der Waals surface area contributed by atoms with Gasteiger partial charge in [-0.05, 0) is 43.0 Å². The number of thiophene rings is 1. The molecular weight excluding hydrogens is 318 g/mol. The van der Waals surface area contributed by atoms with Crippen LogP contribution in [-0.2, 0) is 4.79 Å². The maximum atomic E-state index is 12.6. The Morgan fingerprint density at radius 1 is 1.24 bits per heavy atom. The van der Waals surface area contributed by atoms with Gasteiger partial charge in [0, 0.05) is 4.88 Å². The van der Waals surface area contributed by atoms with Crippen molar-refractivity contribution >= 4 is 57.3 Å². The van der Waals surface area contributed by atoms with E-state index in [2.05, 4.69) is 6.07 Å². The van der Waals surface area contributed by atoms with E-state index in [1.165, 1.54) is 17.3 Å². The second-order valence-electron chi connectivity index (χ2n) is 4.82. The van der Waals surface area contributed by atoms with Crippen molar-refractivity contribution in [3.8, 4) is 0 Å². The molecule has 0 N–H and O–H groups in total. The van der Waals surface area contributed by atoms with E-state index in [9.17, 15) is 4.79 Å². The van der Waals surface area contributed by atoms with E-state index < -0.39 is 0 Å². The van der Waals surface area contributed by atoms with Gasteiger partial charge in [-0.3, -0.25) is 9.69 Å². The first-order valence-corrected chi connectivity index (χ1v) is 8.55. The van der Waals surface area contributed by atoms with Gasteiger partial charge in [-0.1, -0.05) is 47.7 Å². The normalized spacial score (nSPS) is 17.0. The van der Waals surface area contributed by atoms with E-state index >= 15 is 0 Å². The molecule has 0 bridgehead atoms. The molecule has 0 radical (unpaired) electrons. The first kappa shape index (κ1) is 14.5. The van der Waals surface area contributed by atoms with Gasteiger partial charge in [-0.25, -0.2) is 0 Å². The summed E-state index contributed by atoms with van der Waals surface area (Å²) < 4.78 is 0.592. The van der Waals surface area contributed by atoms with Crippen LogP contribution in [0.4, 0.5) is 5.69 Å². The van der Waals surface area contributed by atoms with Gasteiger partial charge in [-0.15, -0.1) is 11.3 Å². The summed E-state index contributed by atoms with van der Waals surface area (Å²) in [4.78, 5) is 16.0. The number of carbonyl (C=O) groups is 1.